The number of rotatable bonds is 4. The largest absolute Gasteiger partial charge is 0.313 e. The Hall–Kier alpha value is -0.900. The second kappa shape index (κ2) is 6.70. The summed E-state index contributed by atoms with van der Waals surface area (Å²) in [6, 6.07) is 11.2. The first-order chi connectivity index (χ1) is 9.54. The summed E-state index contributed by atoms with van der Waals surface area (Å²) in [5.41, 5.74) is 2.89. The second-order valence-corrected chi connectivity index (χ2v) is 5.94. The molecular weight excluding hydrogens is 341 g/mol. The van der Waals surface area contributed by atoms with Crippen LogP contribution in [-0.2, 0) is 6.42 Å². The average molecular weight is 357 g/mol. The van der Waals surface area contributed by atoms with Crippen LogP contribution in [0.15, 0.2) is 40.9 Å². The molecule has 0 aromatic heterocycles. The molecule has 4 heteroatoms. The SMILES string of the molecule is CNC(Cc1cccc(Cl)c1F)c1cccc(C)c1Br. The monoisotopic (exact) mass is 355 g/mol. The molecule has 1 atom stereocenters. The highest BCUT2D eigenvalue weighted by Crippen LogP contribution is 2.30. The molecule has 0 heterocycles. The van der Waals surface area contributed by atoms with Crippen molar-refractivity contribution in [3.63, 3.8) is 0 Å². The molecule has 20 heavy (non-hydrogen) atoms. The quantitative estimate of drug-likeness (QED) is 0.808. The summed E-state index contributed by atoms with van der Waals surface area (Å²) in [5, 5.41) is 3.41. The summed E-state index contributed by atoms with van der Waals surface area (Å²) in [7, 11) is 1.88. The molecule has 0 aliphatic carbocycles. The predicted octanol–water partition coefficient (Wildman–Crippen LogP) is 5.05. The third kappa shape index (κ3) is 3.22. The molecule has 0 saturated heterocycles. The van der Waals surface area contributed by atoms with Gasteiger partial charge in [0.15, 0.2) is 0 Å². The van der Waals surface area contributed by atoms with Gasteiger partial charge in [0.2, 0.25) is 0 Å². The first-order valence-corrected chi connectivity index (χ1v) is 7.57. The molecule has 1 N–H and O–H groups in total. The molecule has 1 unspecified atom stereocenters. The number of benzene rings is 2. The molecule has 0 spiro atoms. The second-order valence-electron chi connectivity index (χ2n) is 4.74. The fourth-order valence-electron chi connectivity index (χ4n) is 2.23. The molecule has 2 rings (SSSR count). The Kier molecular flexibility index (Phi) is 5.19. The number of nitrogens with one attached hydrogen (secondary N) is 1. The maximum Gasteiger partial charge on any atom is 0.145 e. The van der Waals surface area contributed by atoms with Gasteiger partial charge < -0.3 is 5.32 Å². The zero-order valence-corrected chi connectivity index (χ0v) is 13.7. The van der Waals surface area contributed by atoms with Gasteiger partial charge >= 0.3 is 0 Å². The number of hydrogen-bond donors (Lipinski definition) is 1. The van der Waals surface area contributed by atoms with Crippen molar-refractivity contribution in [3.8, 4) is 0 Å². The Bertz CT molecular complexity index is 615. The van der Waals surface area contributed by atoms with E-state index in [2.05, 4.69) is 21.2 Å². The molecule has 0 radical (unpaired) electrons. The lowest BCUT2D eigenvalue weighted by Crippen LogP contribution is -2.20. The highest BCUT2D eigenvalue weighted by Gasteiger charge is 2.17. The van der Waals surface area contributed by atoms with Gasteiger partial charge in [0.05, 0.1) is 5.02 Å². The summed E-state index contributed by atoms with van der Waals surface area (Å²) in [4.78, 5) is 0. The Balaban J connectivity index is 2.34. The van der Waals surface area contributed by atoms with E-state index in [4.69, 9.17) is 11.6 Å². The Morgan fingerprint density at radius 3 is 2.65 bits per heavy atom. The van der Waals surface area contributed by atoms with E-state index in [1.54, 1.807) is 18.2 Å². The van der Waals surface area contributed by atoms with Crippen LogP contribution in [0.1, 0.15) is 22.7 Å². The molecular formula is C16H16BrClFN. The van der Waals surface area contributed by atoms with Gasteiger partial charge in [-0.2, -0.15) is 0 Å². The van der Waals surface area contributed by atoms with E-state index in [0.717, 1.165) is 15.6 Å². The smallest absolute Gasteiger partial charge is 0.145 e. The predicted molar refractivity (Wildman–Crippen MR) is 85.8 cm³/mol. The number of likely N-dealkylation sites (N-methyl/N-ethyl adjacent to an activating group) is 1. The van der Waals surface area contributed by atoms with Crippen molar-refractivity contribution < 1.29 is 4.39 Å². The zero-order valence-electron chi connectivity index (χ0n) is 11.4. The highest BCUT2D eigenvalue weighted by molar-refractivity contribution is 9.10. The van der Waals surface area contributed by atoms with Crippen molar-refractivity contribution in [3.05, 3.63) is 68.4 Å². The van der Waals surface area contributed by atoms with Crippen LogP contribution < -0.4 is 5.32 Å². The molecule has 0 fully saturated rings. The van der Waals surface area contributed by atoms with Gasteiger partial charge in [-0.25, -0.2) is 4.39 Å². The molecule has 0 aliphatic heterocycles. The first-order valence-electron chi connectivity index (χ1n) is 6.39. The van der Waals surface area contributed by atoms with Crippen LogP contribution in [0, 0.1) is 12.7 Å². The minimum absolute atomic E-state index is 0.0252. The van der Waals surface area contributed by atoms with E-state index in [-0.39, 0.29) is 16.9 Å². The van der Waals surface area contributed by atoms with E-state index in [1.807, 2.05) is 32.2 Å². The van der Waals surface area contributed by atoms with Crippen LogP contribution in [0.5, 0.6) is 0 Å². The van der Waals surface area contributed by atoms with Crippen LogP contribution in [-0.4, -0.2) is 7.05 Å². The lowest BCUT2D eigenvalue weighted by atomic mass is 9.97. The van der Waals surface area contributed by atoms with E-state index in [0.29, 0.717) is 12.0 Å². The van der Waals surface area contributed by atoms with Crippen molar-refractivity contribution in [1.29, 1.82) is 0 Å². The third-order valence-corrected chi connectivity index (χ3v) is 4.78. The van der Waals surface area contributed by atoms with E-state index < -0.39 is 0 Å². The molecule has 0 bridgehead atoms. The van der Waals surface area contributed by atoms with Gasteiger partial charge in [-0.3, -0.25) is 0 Å². The zero-order chi connectivity index (χ0) is 14.7. The van der Waals surface area contributed by atoms with Crippen LogP contribution in [0.4, 0.5) is 4.39 Å². The van der Waals surface area contributed by atoms with Crippen molar-refractivity contribution in [1.82, 2.24) is 5.32 Å². The summed E-state index contributed by atoms with van der Waals surface area (Å²) in [6.07, 6.45) is 0.547. The standard InChI is InChI=1S/C16H16BrClFN/c1-10-5-3-7-12(15(10)17)14(20-2)9-11-6-4-8-13(18)16(11)19/h3-8,14,20H,9H2,1-2H3. The fourth-order valence-corrected chi connectivity index (χ4v) is 2.97. The molecule has 0 amide bonds. The van der Waals surface area contributed by atoms with E-state index in [9.17, 15) is 4.39 Å². The van der Waals surface area contributed by atoms with Crippen molar-refractivity contribution in [2.45, 2.75) is 19.4 Å². The summed E-state index contributed by atoms with van der Waals surface area (Å²) in [6.45, 7) is 2.04. The van der Waals surface area contributed by atoms with E-state index in [1.165, 1.54) is 0 Å². The normalized spacial score (nSPS) is 12.4. The number of aryl methyl sites for hydroxylation is 1. The molecule has 0 saturated carbocycles. The van der Waals surface area contributed by atoms with Crippen molar-refractivity contribution in [2.75, 3.05) is 7.05 Å². The molecule has 106 valence electrons. The number of halogens is 3. The summed E-state index contributed by atoms with van der Waals surface area (Å²) in [5.74, 6) is -0.335. The van der Waals surface area contributed by atoms with Crippen molar-refractivity contribution >= 4 is 27.5 Å². The van der Waals surface area contributed by atoms with Gasteiger partial charge in [-0.15, -0.1) is 0 Å². The Labute approximate surface area is 132 Å². The minimum Gasteiger partial charge on any atom is -0.313 e. The van der Waals surface area contributed by atoms with E-state index >= 15 is 0 Å². The maximum absolute atomic E-state index is 14.0. The van der Waals surface area contributed by atoms with Crippen molar-refractivity contribution in [2.24, 2.45) is 0 Å². The van der Waals surface area contributed by atoms with Gasteiger partial charge in [0.1, 0.15) is 5.82 Å². The van der Waals surface area contributed by atoms with Crippen LogP contribution in [0.25, 0.3) is 0 Å². The van der Waals surface area contributed by atoms with Gasteiger partial charge in [-0.1, -0.05) is 57.9 Å². The lowest BCUT2D eigenvalue weighted by molar-refractivity contribution is 0.553. The van der Waals surface area contributed by atoms with Crippen LogP contribution in [0.3, 0.4) is 0 Å². The van der Waals surface area contributed by atoms with Gasteiger partial charge in [0.25, 0.3) is 0 Å². The van der Waals surface area contributed by atoms with Crippen LogP contribution >= 0.6 is 27.5 Å². The lowest BCUT2D eigenvalue weighted by Gasteiger charge is -2.20. The highest BCUT2D eigenvalue weighted by atomic mass is 79.9. The maximum atomic E-state index is 14.0. The number of hydrogen-bond acceptors (Lipinski definition) is 1. The Morgan fingerprint density at radius 2 is 1.95 bits per heavy atom. The molecule has 2 aromatic rings. The molecule has 0 aliphatic rings. The molecule has 2 aromatic carbocycles. The minimum atomic E-state index is -0.335. The summed E-state index contributed by atoms with van der Waals surface area (Å²) < 4.78 is 15.1. The Morgan fingerprint density at radius 1 is 1.25 bits per heavy atom. The fraction of sp³-hybridized carbons (Fsp3) is 0.250. The van der Waals surface area contributed by atoms with Crippen LogP contribution in [0.2, 0.25) is 5.02 Å². The van der Waals surface area contributed by atoms with Gasteiger partial charge in [0, 0.05) is 10.5 Å². The summed E-state index contributed by atoms with van der Waals surface area (Å²) >= 11 is 9.45. The molecule has 1 nitrogen and oxygen atoms in total. The topological polar surface area (TPSA) is 12.0 Å². The average Bonchev–Trinajstić information content (AvgIpc) is 2.44. The first kappa shape index (κ1) is 15.5. The third-order valence-electron chi connectivity index (χ3n) is 3.40. The van der Waals surface area contributed by atoms with Gasteiger partial charge in [-0.05, 0) is 43.1 Å².